The maximum atomic E-state index is 12.6. The van der Waals surface area contributed by atoms with Crippen LogP contribution < -0.4 is 5.32 Å². The zero-order chi connectivity index (χ0) is 25.1. The van der Waals surface area contributed by atoms with E-state index in [1.54, 1.807) is 0 Å². The standard InChI is InChI=1S/C25H20Cl2N2O6/c1-29(35-13-22(30)31)24(32)14-10-20(26)23(21(27)11-14)28-25(33)34-12-19-17-8-4-2-6-15(17)16-7-3-5-9-18(16)19/h2-11,19H,12-13H2,1H3,(H,28,33)(H,30,31). The quantitative estimate of drug-likeness (QED) is 0.406. The van der Waals surface area contributed by atoms with Crippen molar-refractivity contribution in [2.75, 3.05) is 25.6 Å². The van der Waals surface area contributed by atoms with E-state index in [4.69, 9.17) is 37.9 Å². The highest BCUT2D eigenvalue weighted by Crippen LogP contribution is 2.44. The lowest BCUT2D eigenvalue weighted by atomic mass is 9.98. The number of anilines is 1. The summed E-state index contributed by atoms with van der Waals surface area (Å²) in [7, 11) is 1.26. The van der Waals surface area contributed by atoms with Crippen LogP contribution in [-0.2, 0) is 14.4 Å². The first-order valence-corrected chi connectivity index (χ1v) is 11.3. The van der Waals surface area contributed by atoms with Gasteiger partial charge in [-0.2, -0.15) is 0 Å². The van der Waals surface area contributed by atoms with Gasteiger partial charge in [0.05, 0.1) is 15.7 Å². The number of aliphatic carboxylic acids is 1. The summed E-state index contributed by atoms with van der Waals surface area (Å²) in [5.74, 6) is -2.01. The van der Waals surface area contributed by atoms with Gasteiger partial charge in [-0.15, -0.1) is 0 Å². The summed E-state index contributed by atoms with van der Waals surface area (Å²) < 4.78 is 5.51. The van der Waals surface area contributed by atoms with Gasteiger partial charge in [-0.3, -0.25) is 14.9 Å². The van der Waals surface area contributed by atoms with Crippen molar-refractivity contribution in [3.05, 3.63) is 87.4 Å². The summed E-state index contributed by atoms with van der Waals surface area (Å²) in [4.78, 5) is 40.5. The largest absolute Gasteiger partial charge is 0.479 e. The van der Waals surface area contributed by atoms with E-state index in [-0.39, 0.29) is 33.8 Å². The first-order valence-electron chi connectivity index (χ1n) is 10.5. The number of amides is 2. The SMILES string of the molecule is CN(OCC(=O)O)C(=O)c1cc(Cl)c(NC(=O)OCC2c3ccccc3-c3ccccc32)c(Cl)c1. The number of nitrogens with one attached hydrogen (secondary N) is 1. The normalized spacial score (nSPS) is 12.0. The topological polar surface area (TPSA) is 105 Å². The molecule has 4 rings (SSSR count). The third-order valence-electron chi connectivity index (χ3n) is 5.53. The highest BCUT2D eigenvalue weighted by atomic mass is 35.5. The molecule has 0 bridgehead atoms. The van der Waals surface area contributed by atoms with E-state index in [1.807, 2.05) is 48.5 Å². The molecule has 0 fully saturated rings. The van der Waals surface area contributed by atoms with Crippen molar-refractivity contribution in [2.24, 2.45) is 0 Å². The number of ether oxygens (including phenoxy) is 1. The molecule has 0 saturated heterocycles. The van der Waals surface area contributed by atoms with Crippen LogP contribution >= 0.6 is 23.2 Å². The van der Waals surface area contributed by atoms with Crippen LogP contribution in [-0.4, -0.2) is 48.4 Å². The number of fused-ring (bicyclic) bond motifs is 3. The molecule has 1 aliphatic rings. The maximum absolute atomic E-state index is 12.6. The van der Waals surface area contributed by atoms with E-state index in [0.29, 0.717) is 0 Å². The molecule has 2 amide bonds. The number of carbonyl (C=O) groups excluding carboxylic acids is 2. The van der Waals surface area contributed by atoms with Gasteiger partial charge in [0.25, 0.3) is 5.91 Å². The predicted molar refractivity (Wildman–Crippen MR) is 131 cm³/mol. The van der Waals surface area contributed by atoms with Crippen LogP contribution in [0.5, 0.6) is 0 Å². The smallest absolute Gasteiger partial charge is 0.411 e. The first-order chi connectivity index (χ1) is 16.8. The van der Waals surface area contributed by atoms with Gasteiger partial charge >= 0.3 is 12.1 Å². The number of carboxylic acid groups (broad SMARTS) is 1. The molecule has 0 atom stereocenters. The molecule has 0 heterocycles. The van der Waals surface area contributed by atoms with Crippen molar-refractivity contribution < 1.29 is 29.1 Å². The van der Waals surface area contributed by atoms with Gasteiger partial charge in [0.1, 0.15) is 6.61 Å². The molecule has 0 saturated carbocycles. The number of hydroxylamine groups is 2. The second kappa shape index (κ2) is 10.4. The molecule has 0 aromatic heterocycles. The molecule has 0 unspecified atom stereocenters. The monoisotopic (exact) mass is 514 g/mol. The zero-order valence-electron chi connectivity index (χ0n) is 18.5. The first kappa shape index (κ1) is 24.5. The number of hydrogen-bond donors (Lipinski definition) is 2. The van der Waals surface area contributed by atoms with Crippen molar-refractivity contribution in [3.63, 3.8) is 0 Å². The third kappa shape index (κ3) is 5.24. The number of carbonyl (C=O) groups is 3. The van der Waals surface area contributed by atoms with Crippen LogP contribution in [0, 0.1) is 0 Å². The van der Waals surface area contributed by atoms with E-state index in [9.17, 15) is 14.4 Å². The summed E-state index contributed by atoms with van der Waals surface area (Å²) >= 11 is 12.5. The van der Waals surface area contributed by atoms with Crippen LogP contribution in [0.1, 0.15) is 27.4 Å². The Balaban J connectivity index is 1.44. The Bertz CT molecular complexity index is 1240. The molecule has 2 N–H and O–H groups in total. The summed E-state index contributed by atoms with van der Waals surface area (Å²) in [5, 5.41) is 12.0. The van der Waals surface area contributed by atoms with Gasteiger partial charge in [-0.1, -0.05) is 71.7 Å². The highest BCUT2D eigenvalue weighted by Gasteiger charge is 2.29. The molecule has 3 aromatic rings. The van der Waals surface area contributed by atoms with Crippen LogP contribution in [0.25, 0.3) is 11.1 Å². The van der Waals surface area contributed by atoms with Crippen molar-refractivity contribution in [2.45, 2.75) is 5.92 Å². The lowest BCUT2D eigenvalue weighted by Gasteiger charge is -2.17. The van der Waals surface area contributed by atoms with E-state index in [1.165, 1.54) is 19.2 Å². The van der Waals surface area contributed by atoms with E-state index in [2.05, 4.69) is 5.32 Å². The van der Waals surface area contributed by atoms with Crippen molar-refractivity contribution >= 4 is 46.9 Å². The summed E-state index contributed by atoms with van der Waals surface area (Å²) in [5.41, 5.74) is 4.51. The molecule has 35 heavy (non-hydrogen) atoms. The van der Waals surface area contributed by atoms with Crippen LogP contribution in [0.2, 0.25) is 10.0 Å². The Kier molecular flexibility index (Phi) is 7.25. The molecule has 0 radical (unpaired) electrons. The number of halogens is 2. The van der Waals surface area contributed by atoms with Crippen LogP contribution in [0.4, 0.5) is 10.5 Å². The fraction of sp³-hybridized carbons (Fsp3) is 0.160. The second-order valence-corrected chi connectivity index (χ2v) is 8.55. The van der Waals surface area contributed by atoms with Gasteiger partial charge < -0.3 is 9.84 Å². The van der Waals surface area contributed by atoms with Crippen molar-refractivity contribution in [3.8, 4) is 11.1 Å². The number of benzene rings is 3. The molecular weight excluding hydrogens is 495 g/mol. The fourth-order valence-electron chi connectivity index (χ4n) is 3.95. The van der Waals surface area contributed by atoms with Gasteiger partial charge in [0.2, 0.25) is 0 Å². The minimum absolute atomic E-state index is 0.000919. The molecule has 3 aromatic carbocycles. The Hall–Kier alpha value is -3.59. The molecule has 8 nitrogen and oxygen atoms in total. The number of nitrogens with zero attached hydrogens (tertiary/aromatic N) is 1. The zero-order valence-corrected chi connectivity index (χ0v) is 20.0. The highest BCUT2D eigenvalue weighted by molar-refractivity contribution is 6.40. The number of hydrogen-bond acceptors (Lipinski definition) is 5. The Morgan fingerprint density at radius 1 is 0.971 bits per heavy atom. The molecule has 1 aliphatic carbocycles. The van der Waals surface area contributed by atoms with Gasteiger partial charge in [0.15, 0.2) is 6.61 Å². The number of carboxylic acids is 1. The van der Waals surface area contributed by atoms with E-state index < -0.39 is 24.6 Å². The Labute approximate surface area is 210 Å². The van der Waals surface area contributed by atoms with Gasteiger partial charge in [-0.05, 0) is 34.4 Å². The second-order valence-electron chi connectivity index (χ2n) is 7.74. The van der Waals surface area contributed by atoms with E-state index in [0.717, 1.165) is 27.3 Å². The van der Waals surface area contributed by atoms with Gasteiger partial charge in [-0.25, -0.2) is 14.7 Å². The maximum Gasteiger partial charge on any atom is 0.411 e. The summed E-state index contributed by atoms with van der Waals surface area (Å²) in [6.45, 7) is -0.581. The molecule has 0 spiro atoms. The average molecular weight is 515 g/mol. The Morgan fingerprint density at radius 2 is 1.51 bits per heavy atom. The minimum atomic E-state index is -1.23. The molecule has 0 aliphatic heterocycles. The van der Waals surface area contributed by atoms with Crippen molar-refractivity contribution in [1.82, 2.24) is 5.06 Å². The molecule has 180 valence electrons. The molecule has 10 heteroatoms. The fourth-order valence-corrected chi connectivity index (χ4v) is 4.53. The lowest BCUT2D eigenvalue weighted by Crippen LogP contribution is -2.29. The predicted octanol–water partition coefficient (Wildman–Crippen LogP) is 5.44. The van der Waals surface area contributed by atoms with E-state index >= 15 is 0 Å². The summed E-state index contributed by atoms with van der Waals surface area (Å²) in [6.07, 6.45) is -0.753. The summed E-state index contributed by atoms with van der Waals surface area (Å²) in [6, 6.07) is 18.5. The van der Waals surface area contributed by atoms with Gasteiger partial charge in [0, 0.05) is 18.5 Å². The third-order valence-corrected chi connectivity index (χ3v) is 6.12. The van der Waals surface area contributed by atoms with Crippen LogP contribution in [0.15, 0.2) is 60.7 Å². The lowest BCUT2D eigenvalue weighted by molar-refractivity contribution is -0.159. The minimum Gasteiger partial charge on any atom is -0.479 e. The average Bonchev–Trinajstić information content (AvgIpc) is 3.16. The number of rotatable bonds is 7. The Morgan fingerprint density at radius 3 is 2.06 bits per heavy atom. The van der Waals surface area contributed by atoms with Crippen LogP contribution in [0.3, 0.4) is 0 Å². The molecular formula is C25H20Cl2N2O6. The van der Waals surface area contributed by atoms with Crippen molar-refractivity contribution in [1.29, 1.82) is 0 Å².